The molecule has 0 unspecified atom stereocenters. The summed E-state index contributed by atoms with van der Waals surface area (Å²) in [6.07, 6.45) is 0.476. The second kappa shape index (κ2) is 10.6. The molecule has 0 spiro atoms. The molecular formula is C14H30N2O4. The van der Waals surface area contributed by atoms with Crippen LogP contribution in [0.5, 0.6) is 0 Å². The van der Waals surface area contributed by atoms with Gasteiger partial charge in [0, 0.05) is 12.5 Å². The van der Waals surface area contributed by atoms with E-state index in [2.05, 4.69) is 11.1 Å². The number of amides is 1. The molecule has 2 atom stereocenters. The third kappa shape index (κ3) is 11.9. The average Bonchev–Trinajstić information content (AvgIpc) is 2.22. The molecule has 0 radical (unpaired) electrons. The highest BCUT2D eigenvalue weighted by molar-refractivity contribution is 5.85. The van der Waals surface area contributed by atoms with Crippen LogP contribution in [0.15, 0.2) is 0 Å². The van der Waals surface area contributed by atoms with Crippen molar-refractivity contribution in [1.82, 2.24) is 5.32 Å². The van der Waals surface area contributed by atoms with Gasteiger partial charge in [-0.1, -0.05) is 27.7 Å². The Labute approximate surface area is 121 Å². The molecule has 0 saturated carbocycles. The quantitative estimate of drug-likeness (QED) is 0.577. The van der Waals surface area contributed by atoms with Gasteiger partial charge in [0.2, 0.25) is 0 Å². The molecule has 0 bridgehead atoms. The van der Waals surface area contributed by atoms with Crippen LogP contribution in [0.25, 0.3) is 0 Å². The van der Waals surface area contributed by atoms with Gasteiger partial charge in [0.15, 0.2) is 6.04 Å². The molecule has 120 valence electrons. The number of nitrogens with one attached hydrogen (secondary N) is 1. The van der Waals surface area contributed by atoms with Crippen molar-refractivity contribution in [3.8, 4) is 0 Å². The predicted octanol–water partition coefficient (Wildman–Crippen LogP) is -1.08. The highest BCUT2D eigenvalue weighted by atomic mass is 16.4. The number of rotatable bonds is 6. The lowest BCUT2D eigenvalue weighted by Gasteiger charge is -2.24. The molecule has 5 N–H and O–H groups in total. The Balaban J connectivity index is 0. The van der Waals surface area contributed by atoms with Gasteiger partial charge in [-0.25, -0.2) is 0 Å². The van der Waals surface area contributed by atoms with Crippen LogP contribution in [0.2, 0.25) is 0 Å². The Morgan fingerprint density at radius 2 is 1.55 bits per heavy atom. The molecule has 6 nitrogen and oxygen atoms in total. The minimum Gasteiger partial charge on any atom is -0.548 e. The number of quaternary nitrogens is 1. The van der Waals surface area contributed by atoms with Crippen LogP contribution in [0.4, 0.5) is 0 Å². The molecule has 0 saturated heterocycles. The van der Waals surface area contributed by atoms with Crippen LogP contribution in [0.1, 0.15) is 48.0 Å². The minimum atomic E-state index is -1.25. The average molecular weight is 290 g/mol. The summed E-state index contributed by atoms with van der Waals surface area (Å²) >= 11 is 0. The van der Waals surface area contributed by atoms with Gasteiger partial charge in [-0.2, -0.15) is 0 Å². The Hall–Kier alpha value is -1.14. The molecule has 0 fully saturated rings. The molecule has 0 aliphatic carbocycles. The number of aliphatic hydroxyl groups excluding tert-OH is 1. The van der Waals surface area contributed by atoms with Crippen molar-refractivity contribution in [1.29, 1.82) is 0 Å². The monoisotopic (exact) mass is 290 g/mol. The lowest BCUT2D eigenvalue weighted by atomic mass is 10.0. The fourth-order valence-electron chi connectivity index (χ4n) is 1.44. The van der Waals surface area contributed by atoms with Gasteiger partial charge in [0.05, 0.1) is 12.0 Å². The van der Waals surface area contributed by atoms with Gasteiger partial charge < -0.3 is 26.1 Å². The van der Waals surface area contributed by atoms with Gasteiger partial charge in [-0.3, -0.25) is 4.79 Å². The summed E-state index contributed by atoms with van der Waals surface area (Å²) in [5.74, 6) is -1.41. The fourth-order valence-corrected chi connectivity index (χ4v) is 1.44. The maximum atomic E-state index is 11.6. The van der Waals surface area contributed by atoms with E-state index in [0.29, 0.717) is 12.3 Å². The van der Waals surface area contributed by atoms with E-state index in [-0.39, 0.29) is 17.9 Å². The number of carboxylic acids is 1. The van der Waals surface area contributed by atoms with Crippen molar-refractivity contribution in [2.45, 2.75) is 66.2 Å². The molecule has 1 amide bonds. The van der Waals surface area contributed by atoms with E-state index in [9.17, 15) is 14.7 Å². The van der Waals surface area contributed by atoms with Gasteiger partial charge in [0.1, 0.15) is 0 Å². The topological polar surface area (TPSA) is 117 Å². The van der Waals surface area contributed by atoms with Crippen molar-refractivity contribution < 1.29 is 25.5 Å². The Kier molecular flexibility index (Phi) is 11.2. The first-order valence-electron chi connectivity index (χ1n) is 7.01. The highest BCUT2D eigenvalue weighted by Gasteiger charge is 2.23. The Morgan fingerprint density at radius 3 is 1.80 bits per heavy atom. The van der Waals surface area contributed by atoms with Crippen LogP contribution < -0.4 is 16.2 Å². The zero-order valence-corrected chi connectivity index (χ0v) is 13.5. The molecule has 0 aromatic heterocycles. The van der Waals surface area contributed by atoms with E-state index in [4.69, 9.17) is 5.11 Å². The summed E-state index contributed by atoms with van der Waals surface area (Å²) in [7, 11) is 0. The normalized spacial score (nSPS) is 13.8. The predicted molar refractivity (Wildman–Crippen MR) is 75.3 cm³/mol. The molecule has 20 heavy (non-hydrogen) atoms. The second-order valence-electron chi connectivity index (χ2n) is 5.97. The molecule has 0 aromatic rings. The van der Waals surface area contributed by atoms with Crippen LogP contribution >= 0.6 is 0 Å². The third-order valence-electron chi connectivity index (χ3n) is 2.35. The minimum absolute atomic E-state index is 0.167. The summed E-state index contributed by atoms with van der Waals surface area (Å²) in [4.78, 5) is 22.4. The number of aliphatic hydroxyl groups is 1. The van der Waals surface area contributed by atoms with Crippen LogP contribution in [0.3, 0.4) is 0 Å². The summed E-state index contributed by atoms with van der Waals surface area (Å²) in [5.41, 5.74) is 3.72. The number of carboxylic acid groups (broad SMARTS) is 1. The van der Waals surface area contributed by atoms with Crippen molar-refractivity contribution >= 4 is 11.9 Å². The molecule has 0 aromatic carbocycles. The summed E-state index contributed by atoms with van der Waals surface area (Å²) in [6.45, 7) is 10.9. The van der Waals surface area contributed by atoms with Crippen molar-refractivity contribution in [2.24, 2.45) is 11.8 Å². The second-order valence-corrected chi connectivity index (χ2v) is 5.97. The maximum Gasteiger partial charge on any atom is 0.278 e. The van der Waals surface area contributed by atoms with E-state index in [1.54, 1.807) is 27.7 Å². The Bertz CT molecular complexity index is 288. The molecule has 0 aliphatic rings. The van der Waals surface area contributed by atoms with Gasteiger partial charge in [-0.15, -0.1) is 0 Å². The standard InChI is InChI=1S/C11H22N2O3.C3H8O/c1-6(2)5-8(12)10(14)13-9(7(3)4)11(15)16;1-3(2)4/h6-9H,5,12H2,1-4H3,(H,13,14)(H,15,16);3-4H,1-2H3/t8-,9-;/m0./s1. The smallest absolute Gasteiger partial charge is 0.278 e. The SMILES string of the molecule is CC(C)C[C@H]([NH3+])C(=O)N[C@H](C(=O)[O-])C(C)C.CC(C)O. The summed E-state index contributed by atoms with van der Waals surface area (Å²) in [5, 5.41) is 21.3. The first kappa shape index (κ1) is 21.2. The van der Waals surface area contributed by atoms with Gasteiger partial charge in [-0.05, 0) is 25.7 Å². The Morgan fingerprint density at radius 1 is 1.15 bits per heavy atom. The molecule has 0 aliphatic heterocycles. The van der Waals surface area contributed by atoms with E-state index in [1.165, 1.54) is 0 Å². The van der Waals surface area contributed by atoms with Crippen LogP contribution in [-0.2, 0) is 9.59 Å². The van der Waals surface area contributed by atoms with Crippen molar-refractivity contribution in [3.63, 3.8) is 0 Å². The van der Waals surface area contributed by atoms with E-state index in [1.807, 2.05) is 13.8 Å². The molecule has 0 rings (SSSR count). The summed E-state index contributed by atoms with van der Waals surface area (Å²) in [6, 6.07) is -1.36. The molecule has 6 heteroatoms. The van der Waals surface area contributed by atoms with Crippen molar-refractivity contribution in [2.75, 3.05) is 0 Å². The fraction of sp³-hybridized carbons (Fsp3) is 0.857. The van der Waals surface area contributed by atoms with Crippen LogP contribution in [-0.4, -0.2) is 35.2 Å². The number of carbonyl (C=O) groups excluding carboxylic acids is 2. The van der Waals surface area contributed by atoms with Gasteiger partial charge >= 0.3 is 0 Å². The number of hydrogen-bond donors (Lipinski definition) is 3. The lowest BCUT2D eigenvalue weighted by Crippen LogP contribution is -2.69. The largest absolute Gasteiger partial charge is 0.548 e. The number of aliphatic carboxylic acids is 1. The first-order chi connectivity index (χ1) is 8.98. The third-order valence-corrected chi connectivity index (χ3v) is 2.35. The zero-order valence-electron chi connectivity index (χ0n) is 13.5. The van der Waals surface area contributed by atoms with E-state index in [0.717, 1.165) is 0 Å². The first-order valence-corrected chi connectivity index (χ1v) is 7.01. The van der Waals surface area contributed by atoms with Crippen molar-refractivity contribution in [3.05, 3.63) is 0 Å². The number of hydrogen-bond acceptors (Lipinski definition) is 4. The molecule has 0 heterocycles. The summed E-state index contributed by atoms with van der Waals surface area (Å²) < 4.78 is 0. The maximum absolute atomic E-state index is 11.6. The highest BCUT2D eigenvalue weighted by Crippen LogP contribution is 2.04. The van der Waals surface area contributed by atoms with E-state index >= 15 is 0 Å². The zero-order chi connectivity index (χ0) is 16.5. The lowest BCUT2D eigenvalue weighted by molar-refractivity contribution is -0.406. The van der Waals surface area contributed by atoms with Crippen LogP contribution in [0, 0.1) is 11.8 Å². The number of carbonyl (C=O) groups is 2. The van der Waals surface area contributed by atoms with Gasteiger partial charge in [0.25, 0.3) is 5.91 Å². The molecular weight excluding hydrogens is 260 g/mol. The van der Waals surface area contributed by atoms with E-state index < -0.39 is 18.1 Å².